The lowest BCUT2D eigenvalue weighted by Crippen LogP contribution is -2.50. The molecular formula is C13H17ClN4O2. The minimum Gasteiger partial charge on any atom is -0.397 e. The lowest BCUT2D eigenvalue weighted by molar-refractivity contribution is -0.135. The van der Waals surface area contributed by atoms with Crippen molar-refractivity contribution in [1.82, 2.24) is 9.80 Å². The molecule has 1 aromatic carbocycles. The SMILES string of the molecule is CN1CCN(CC(=O)Nc2ccc(Cl)c(N)c2)CC1=O. The number of halogens is 1. The van der Waals surface area contributed by atoms with Crippen LogP contribution in [0.2, 0.25) is 5.02 Å². The van der Waals surface area contributed by atoms with Gasteiger partial charge in [0, 0.05) is 25.8 Å². The van der Waals surface area contributed by atoms with Crippen molar-refractivity contribution in [3.05, 3.63) is 23.2 Å². The van der Waals surface area contributed by atoms with Crippen LogP contribution in [0.15, 0.2) is 18.2 Å². The van der Waals surface area contributed by atoms with Gasteiger partial charge in [0.2, 0.25) is 11.8 Å². The first kappa shape index (κ1) is 14.6. The molecule has 0 unspecified atom stereocenters. The molecule has 0 atom stereocenters. The number of benzene rings is 1. The average Bonchev–Trinajstić information content (AvgIpc) is 2.38. The van der Waals surface area contributed by atoms with Gasteiger partial charge in [-0.25, -0.2) is 0 Å². The summed E-state index contributed by atoms with van der Waals surface area (Å²) in [5, 5.41) is 3.19. The van der Waals surface area contributed by atoms with Crippen molar-refractivity contribution in [1.29, 1.82) is 0 Å². The highest BCUT2D eigenvalue weighted by Crippen LogP contribution is 2.22. The highest BCUT2D eigenvalue weighted by molar-refractivity contribution is 6.33. The zero-order valence-electron chi connectivity index (χ0n) is 11.2. The number of amides is 2. The predicted molar refractivity (Wildman–Crippen MR) is 78.6 cm³/mol. The molecule has 0 saturated carbocycles. The highest BCUT2D eigenvalue weighted by Gasteiger charge is 2.22. The third-order valence-corrected chi connectivity index (χ3v) is 3.53. The van der Waals surface area contributed by atoms with Crippen LogP contribution in [0.5, 0.6) is 0 Å². The zero-order chi connectivity index (χ0) is 14.7. The van der Waals surface area contributed by atoms with Crippen molar-refractivity contribution in [3.63, 3.8) is 0 Å². The Balaban J connectivity index is 1.89. The molecule has 1 aromatic rings. The number of carbonyl (C=O) groups is 2. The van der Waals surface area contributed by atoms with Crippen LogP contribution in [0.25, 0.3) is 0 Å². The molecule has 2 amide bonds. The Labute approximate surface area is 122 Å². The number of nitrogens with two attached hydrogens (primary N) is 1. The van der Waals surface area contributed by atoms with E-state index in [1.54, 1.807) is 30.1 Å². The van der Waals surface area contributed by atoms with Gasteiger partial charge < -0.3 is 16.0 Å². The van der Waals surface area contributed by atoms with Crippen LogP contribution >= 0.6 is 11.6 Å². The van der Waals surface area contributed by atoms with Gasteiger partial charge in [-0.1, -0.05) is 11.6 Å². The van der Waals surface area contributed by atoms with E-state index in [0.29, 0.717) is 29.5 Å². The Morgan fingerprint density at radius 3 is 2.85 bits per heavy atom. The fourth-order valence-electron chi connectivity index (χ4n) is 1.97. The Hall–Kier alpha value is -1.79. The number of likely N-dealkylation sites (N-methyl/N-ethyl adjacent to an activating group) is 1. The monoisotopic (exact) mass is 296 g/mol. The minimum absolute atomic E-state index is 0.0276. The Morgan fingerprint density at radius 2 is 2.20 bits per heavy atom. The van der Waals surface area contributed by atoms with Crippen LogP contribution < -0.4 is 11.1 Å². The molecule has 0 radical (unpaired) electrons. The van der Waals surface area contributed by atoms with Crippen LogP contribution in [-0.4, -0.2) is 54.8 Å². The number of hydrogen-bond donors (Lipinski definition) is 2. The standard InChI is InChI=1S/C13H17ClN4O2/c1-17-4-5-18(8-13(17)20)7-12(19)16-9-2-3-10(14)11(15)6-9/h2-3,6H,4-5,7-8,15H2,1H3,(H,16,19). The maximum atomic E-state index is 11.9. The quantitative estimate of drug-likeness (QED) is 0.802. The lowest BCUT2D eigenvalue weighted by atomic mass is 10.2. The number of nitrogens with one attached hydrogen (secondary N) is 1. The molecule has 3 N–H and O–H groups in total. The first-order valence-corrected chi connectivity index (χ1v) is 6.64. The fourth-order valence-corrected chi connectivity index (χ4v) is 2.08. The number of carbonyl (C=O) groups excluding carboxylic acids is 2. The summed E-state index contributed by atoms with van der Waals surface area (Å²) in [5.41, 5.74) is 6.68. The zero-order valence-corrected chi connectivity index (χ0v) is 12.0. The van der Waals surface area contributed by atoms with Crippen molar-refractivity contribution in [2.75, 3.05) is 44.3 Å². The summed E-state index contributed by atoms with van der Waals surface area (Å²) in [6.45, 7) is 1.78. The van der Waals surface area contributed by atoms with E-state index >= 15 is 0 Å². The maximum absolute atomic E-state index is 11.9. The van der Waals surface area contributed by atoms with E-state index in [2.05, 4.69) is 5.32 Å². The van der Waals surface area contributed by atoms with Gasteiger partial charge in [-0.3, -0.25) is 14.5 Å². The van der Waals surface area contributed by atoms with E-state index in [-0.39, 0.29) is 24.9 Å². The molecule has 0 bridgehead atoms. The van der Waals surface area contributed by atoms with Gasteiger partial charge in [0.05, 0.1) is 23.8 Å². The lowest BCUT2D eigenvalue weighted by Gasteiger charge is -2.31. The molecule has 108 valence electrons. The normalized spacial score (nSPS) is 16.3. The van der Waals surface area contributed by atoms with Gasteiger partial charge in [0.1, 0.15) is 0 Å². The van der Waals surface area contributed by atoms with Gasteiger partial charge in [-0.05, 0) is 18.2 Å². The van der Waals surface area contributed by atoms with Crippen molar-refractivity contribution in [3.8, 4) is 0 Å². The molecule has 6 nitrogen and oxygen atoms in total. The summed E-state index contributed by atoms with van der Waals surface area (Å²) in [5.74, 6) is -0.149. The molecule has 1 saturated heterocycles. The third kappa shape index (κ3) is 3.61. The molecule has 1 aliphatic heterocycles. The largest absolute Gasteiger partial charge is 0.397 e. The molecule has 20 heavy (non-hydrogen) atoms. The number of nitrogens with zero attached hydrogens (tertiary/aromatic N) is 2. The van der Waals surface area contributed by atoms with Crippen molar-refractivity contribution < 1.29 is 9.59 Å². The van der Waals surface area contributed by atoms with E-state index < -0.39 is 0 Å². The van der Waals surface area contributed by atoms with E-state index in [9.17, 15) is 9.59 Å². The Kier molecular flexibility index (Phi) is 4.46. The Morgan fingerprint density at radius 1 is 1.45 bits per heavy atom. The summed E-state index contributed by atoms with van der Waals surface area (Å²) < 4.78 is 0. The molecule has 2 rings (SSSR count). The summed E-state index contributed by atoms with van der Waals surface area (Å²) in [6, 6.07) is 4.92. The van der Waals surface area contributed by atoms with Gasteiger partial charge in [0.15, 0.2) is 0 Å². The molecule has 7 heteroatoms. The molecule has 1 aliphatic rings. The first-order chi connectivity index (χ1) is 9.45. The van der Waals surface area contributed by atoms with E-state index in [4.69, 9.17) is 17.3 Å². The maximum Gasteiger partial charge on any atom is 0.238 e. The van der Waals surface area contributed by atoms with E-state index in [1.165, 1.54) is 0 Å². The van der Waals surface area contributed by atoms with Crippen LogP contribution in [0, 0.1) is 0 Å². The van der Waals surface area contributed by atoms with Crippen molar-refractivity contribution in [2.24, 2.45) is 0 Å². The number of anilines is 2. The van der Waals surface area contributed by atoms with Crippen LogP contribution in [0.1, 0.15) is 0 Å². The summed E-state index contributed by atoms with van der Waals surface area (Å²) >= 11 is 5.81. The second-order valence-corrected chi connectivity index (χ2v) is 5.22. The second kappa shape index (κ2) is 6.11. The molecule has 0 spiro atoms. The Bertz CT molecular complexity index is 535. The van der Waals surface area contributed by atoms with Gasteiger partial charge in [-0.2, -0.15) is 0 Å². The smallest absolute Gasteiger partial charge is 0.238 e. The van der Waals surface area contributed by atoms with Gasteiger partial charge in [0.25, 0.3) is 0 Å². The number of nitrogen functional groups attached to an aromatic ring is 1. The number of rotatable bonds is 3. The van der Waals surface area contributed by atoms with Crippen LogP contribution in [0.3, 0.4) is 0 Å². The third-order valence-electron chi connectivity index (χ3n) is 3.18. The molecule has 1 fully saturated rings. The topological polar surface area (TPSA) is 78.7 Å². The molecule has 0 aliphatic carbocycles. The van der Waals surface area contributed by atoms with Gasteiger partial charge >= 0.3 is 0 Å². The minimum atomic E-state index is -0.177. The molecule has 0 aromatic heterocycles. The number of piperazine rings is 1. The average molecular weight is 297 g/mol. The van der Waals surface area contributed by atoms with Crippen molar-refractivity contribution in [2.45, 2.75) is 0 Å². The predicted octanol–water partition coefficient (Wildman–Crippen LogP) is 0.635. The highest BCUT2D eigenvalue weighted by atomic mass is 35.5. The van der Waals surface area contributed by atoms with Gasteiger partial charge in [-0.15, -0.1) is 0 Å². The summed E-state index contributed by atoms with van der Waals surface area (Å²) in [4.78, 5) is 26.9. The fraction of sp³-hybridized carbons (Fsp3) is 0.385. The molecular weight excluding hydrogens is 280 g/mol. The molecule has 1 heterocycles. The van der Waals surface area contributed by atoms with Crippen molar-refractivity contribution >= 4 is 34.8 Å². The van der Waals surface area contributed by atoms with Crippen LogP contribution in [0.4, 0.5) is 11.4 Å². The summed E-state index contributed by atoms with van der Waals surface area (Å²) in [7, 11) is 1.76. The second-order valence-electron chi connectivity index (χ2n) is 4.81. The first-order valence-electron chi connectivity index (χ1n) is 6.27. The van der Waals surface area contributed by atoms with E-state index in [0.717, 1.165) is 0 Å². The van der Waals surface area contributed by atoms with Crippen LogP contribution in [-0.2, 0) is 9.59 Å². The number of hydrogen-bond acceptors (Lipinski definition) is 4. The summed E-state index contributed by atoms with van der Waals surface area (Å²) in [6.07, 6.45) is 0. The van der Waals surface area contributed by atoms with E-state index in [1.807, 2.05) is 4.90 Å².